The Bertz CT molecular complexity index is 790. The van der Waals surface area contributed by atoms with Crippen LogP contribution in [0.25, 0.3) is 0 Å². The van der Waals surface area contributed by atoms with Gasteiger partial charge in [-0.15, -0.1) is 0 Å². The highest BCUT2D eigenvalue weighted by molar-refractivity contribution is 9.11. The minimum Gasteiger partial charge on any atom is -0.448 e. The molecule has 1 amide bonds. The maximum absolute atomic E-state index is 13.7. The van der Waals surface area contributed by atoms with Gasteiger partial charge in [0.05, 0.1) is 11.6 Å². The molecule has 0 aliphatic rings. The lowest BCUT2D eigenvalue weighted by Gasteiger charge is -2.23. The first kappa shape index (κ1) is 20.8. The van der Waals surface area contributed by atoms with Gasteiger partial charge in [0, 0.05) is 16.1 Å². The third-order valence-corrected chi connectivity index (χ3v) is 4.43. The van der Waals surface area contributed by atoms with Gasteiger partial charge >= 0.3 is 6.09 Å². The first-order chi connectivity index (χ1) is 12.0. The summed E-state index contributed by atoms with van der Waals surface area (Å²) in [6.07, 6.45) is -0.620. The first-order valence-corrected chi connectivity index (χ1v) is 9.36. The number of alkyl carbamates (subject to hydrolysis) is 1. The molecule has 1 aromatic carbocycles. The molecule has 0 spiro atoms. The molecule has 0 fully saturated rings. The molecule has 1 heterocycles. The molecule has 4 nitrogen and oxygen atoms in total. The van der Waals surface area contributed by atoms with Gasteiger partial charge in [0.2, 0.25) is 0 Å². The average Bonchev–Trinajstić information content (AvgIpc) is 2.48. The lowest BCUT2D eigenvalue weighted by molar-refractivity contribution is 0.134. The van der Waals surface area contributed by atoms with Gasteiger partial charge in [-0.25, -0.2) is 18.6 Å². The Morgan fingerprint density at radius 3 is 2.38 bits per heavy atom. The standard InChI is InChI=1S/C18H18Br2F2N2O2/c1-18(2,3)24-17(25)26-9-13(10-6-11(21)8-12(22)7-10)16-14(19)4-5-15(20)23-16/h4-8,13H,9H2,1-3H3,(H,24,25)/t13-/m0/s1. The Morgan fingerprint density at radius 2 is 1.81 bits per heavy atom. The van der Waals surface area contributed by atoms with Crippen LogP contribution >= 0.6 is 31.9 Å². The van der Waals surface area contributed by atoms with Crippen LogP contribution in [0.5, 0.6) is 0 Å². The van der Waals surface area contributed by atoms with Gasteiger partial charge < -0.3 is 10.1 Å². The zero-order valence-corrected chi connectivity index (χ0v) is 17.6. The molecule has 0 radical (unpaired) electrons. The molecule has 1 atom stereocenters. The number of carbonyl (C=O) groups is 1. The monoisotopic (exact) mass is 490 g/mol. The zero-order chi connectivity index (χ0) is 19.5. The second kappa shape index (κ2) is 8.43. The van der Waals surface area contributed by atoms with Gasteiger partial charge in [0.25, 0.3) is 0 Å². The van der Waals surface area contributed by atoms with Crippen LogP contribution < -0.4 is 5.32 Å². The Labute approximate surface area is 167 Å². The van der Waals surface area contributed by atoms with Crippen molar-refractivity contribution in [1.82, 2.24) is 10.3 Å². The number of hydrogen-bond donors (Lipinski definition) is 1. The van der Waals surface area contributed by atoms with Crippen molar-refractivity contribution in [3.05, 3.63) is 62.3 Å². The van der Waals surface area contributed by atoms with Gasteiger partial charge in [-0.2, -0.15) is 0 Å². The van der Waals surface area contributed by atoms with Crippen molar-refractivity contribution in [1.29, 1.82) is 0 Å². The van der Waals surface area contributed by atoms with E-state index in [0.29, 0.717) is 20.3 Å². The summed E-state index contributed by atoms with van der Waals surface area (Å²) in [4.78, 5) is 16.4. The molecule has 0 bridgehead atoms. The summed E-state index contributed by atoms with van der Waals surface area (Å²) in [5, 5.41) is 2.68. The maximum Gasteiger partial charge on any atom is 0.407 e. The summed E-state index contributed by atoms with van der Waals surface area (Å²) in [5.74, 6) is -2.08. The largest absolute Gasteiger partial charge is 0.448 e. The molecular weight excluding hydrogens is 474 g/mol. The van der Waals surface area contributed by atoms with E-state index in [1.54, 1.807) is 12.1 Å². The van der Waals surface area contributed by atoms with E-state index in [4.69, 9.17) is 4.74 Å². The number of benzene rings is 1. The number of halogens is 4. The Morgan fingerprint density at radius 1 is 1.19 bits per heavy atom. The van der Waals surface area contributed by atoms with Crippen LogP contribution in [0.2, 0.25) is 0 Å². The molecule has 8 heteroatoms. The Hall–Kier alpha value is -1.54. The van der Waals surface area contributed by atoms with Crippen LogP contribution in [0.15, 0.2) is 39.4 Å². The van der Waals surface area contributed by atoms with Crippen LogP contribution in [-0.4, -0.2) is 23.2 Å². The number of ether oxygens (including phenoxy) is 1. The Balaban J connectivity index is 2.36. The highest BCUT2D eigenvalue weighted by atomic mass is 79.9. The molecule has 1 aromatic heterocycles. The summed E-state index contributed by atoms with van der Waals surface area (Å²) in [5.41, 5.74) is 0.344. The van der Waals surface area contributed by atoms with Crippen molar-refractivity contribution < 1.29 is 18.3 Å². The molecule has 2 rings (SSSR count). The predicted molar refractivity (Wildman–Crippen MR) is 102 cm³/mol. The number of hydrogen-bond acceptors (Lipinski definition) is 3. The number of pyridine rings is 1. The van der Waals surface area contributed by atoms with Crippen molar-refractivity contribution in [2.24, 2.45) is 0 Å². The fourth-order valence-electron chi connectivity index (χ4n) is 2.29. The van der Waals surface area contributed by atoms with Crippen molar-refractivity contribution in [3.63, 3.8) is 0 Å². The molecule has 0 unspecified atom stereocenters. The third-order valence-electron chi connectivity index (χ3n) is 3.31. The highest BCUT2D eigenvalue weighted by Crippen LogP contribution is 2.31. The van der Waals surface area contributed by atoms with Crippen molar-refractivity contribution >= 4 is 38.0 Å². The second-order valence-corrected chi connectivity index (χ2v) is 8.40. The van der Waals surface area contributed by atoms with Crippen LogP contribution in [0.1, 0.15) is 37.9 Å². The molecule has 2 aromatic rings. The van der Waals surface area contributed by atoms with E-state index >= 15 is 0 Å². The van der Waals surface area contributed by atoms with Gasteiger partial charge in [0.1, 0.15) is 22.8 Å². The fraction of sp³-hybridized carbons (Fsp3) is 0.333. The smallest absolute Gasteiger partial charge is 0.407 e. The summed E-state index contributed by atoms with van der Waals surface area (Å²) in [7, 11) is 0. The zero-order valence-electron chi connectivity index (χ0n) is 14.4. The minimum atomic E-state index is -0.713. The highest BCUT2D eigenvalue weighted by Gasteiger charge is 2.24. The molecule has 0 saturated heterocycles. The van der Waals surface area contributed by atoms with Crippen molar-refractivity contribution in [2.45, 2.75) is 32.2 Å². The van der Waals surface area contributed by atoms with Gasteiger partial charge in [-0.05, 0) is 82.5 Å². The third kappa shape index (κ3) is 6.02. The molecule has 1 N–H and O–H groups in total. The number of nitrogens with zero attached hydrogens (tertiary/aromatic N) is 1. The van der Waals surface area contributed by atoms with E-state index in [0.717, 1.165) is 6.07 Å². The summed E-state index contributed by atoms with van der Waals surface area (Å²) >= 11 is 6.68. The van der Waals surface area contributed by atoms with E-state index in [-0.39, 0.29) is 6.61 Å². The van der Waals surface area contributed by atoms with Gasteiger partial charge in [-0.3, -0.25) is 0 Å². The van der Waals surface area contributed by atoms with E-state index in [2.05, 4.69) is 42.2 Å². The number of rotatable bonds is 4. The topological polar surface area (TPSA) is 51.2 Å². The van der Waals surface area contributed by atoms with E-state index in [9.17, 15) is 13.6 Å². The van der Waals surface area contributed by atoms with E-state index < -0.39 is 29.2 Å². The normalized spacial score (nSPS) is 12.6. The lowest BCUT2D eigenvalue weighted by Crippen LogP contribution is -2.41. The number of carbonyl (C=O) groups excluding carboxylic acids is 1. The molecule has 0 aliphatic heterocycles. The summed E-state index contributed by atoms with van der Waals surface area (Å²) in [6, 6.07) is 6.67. The van der Waals surface area contributed by atoms with E-state index in [1.165, 1.54) is 12.1 Å². The van der Waals surface area contributed by atoms with E-state index in [1.807, 2.05) is 20.8 Å². The number of nitrogens with one attached hydrogen (secondary N) is 1. The van der Waals surface area contributed by atoms with Gasteiger partial charge in [-0.1, -0.05) is 0 Å². The molecular formula is C18H18Br2F2N2O2. The molecule has 0 saturated carbocycles. The van der Waals surface area contributed by atoms with Crippen molar-refractivity contribution in [3.8, 4) is 0 Å². The summed E-state index contributed by atoms with van der Waals surface area (Å²) < 4.78 is 33.9. The minimum absolute atomic E-state index is 0.132. The van der Waals surface area contributed by atoms with Crippen LogP contribution in [-0.2, 0) is 4.74 Å². The average molecular weight is 492 g/mol. The lowest BCUT2D eigenvalue weighted by atomic mass is 9.95. The maximum atomic E-state index is 13.7. The predicted octanol–water partition coefficient (Wildman–Crippen LogP) is 5.54. The first-order valence-electron chi connectivity index (χ1n) is 7.78. The van der Waals surface area contributed by atoms with Crippen LogP contribution in [0.4, 0.5) is 13.6 Å². The summed E-state index contributed by atoms with van der Waals surface area (Å²) in [6.45, 7) is 5.33. The second-order valence-electron chi connectivity index (χ2n) is 6.73. The molecule has 26 heavy (non-hydrogen) atoms. The van der Waals surface area contributed by atoms with Crippen molar-refractivity contribution in [2.75, 3.05) is 6.61 Å². The van der Waals surface area contributed by atoms with Crippen LogP contribution in [0, 0.1) is 11.6 Å². The number of amides is 1. The Kier molecular flexibility index (Phi) is 6.74. The quantitative estimate of drug-likeness (QED) is 0.571. The fourth-order valence-corrected chi connectivity index (χ4v) is 3.11. The molecule has 140 valence electrons. The van der Waals surface area contributed by atoms with Crippen LogP contribution in [0.3, 0.4) is 0 Å². The van der Waals surface area contributed by atoms with Gasteiger partial charge in [0.15, 0.2) is 0 Å². The SMILES string of the molecule is CC(C)(C)NC(=O)OC[C@@H](c1cc(F)cc(F)c1)c1nc(Br)ccc1Br. The number of aromatic nitrogens is 1. The molecule has 0 aliphatic carbocycles.